The third-order valence-corrected chi connectivity index (χ3v) is 6.01. The molecule has 0 radical (unpaired) electrons. The monoisotopic (exact) mass is 446 g/mol. The van der Waals surface area contributed by atoms with Crippen LogP contribution in [0.25, 0.3) is 0 Å². The van der Waals surface area contributed by atoms with E-state index in [1.165, 1.54) is 24.9 Å². The zero-order chi connectivity index (χ0) is 21.6. The van der Waals surface area contributed by atoms with Crippen molar-refractivity contribution in [1.29, 1.82) is 0 Å². The van der Waals surface area contributed by atoms with Gasteiger partial charge in [-0.05, 0) is 24.6 Å². The Bertz CT molecular complexity index is 1140. The third-order valence-electron chi connectivity index (χ3n) is 3.65. The number of aromatic nitrogens is 4. The highest BCUT2D eigenvalue weighted by Gasteiger charge is 2.22. The van der Waals surface area contributed by atoms with Crippen LogP contribution in [-0.2, 0) is 15.8 Å². The van der Waals surface area contributed by atoms with Crippen molar-refractivity contribution in [3.63, 3.8) is 0 Å². The number of anilines is 1. The molecule has 0 fully saturated rings. The predicted molar refractivity (Wildman–Crippen MR) is 111 cm³/mol. The van der Waals surface area contributed by atoms with Crippen molar-refractivity contribution >= 4 is 33.8 Å². The molecule has 10 nitrogen and oxygen atoms in total. The number of nitrogens with zero attached hydrogens (tertiary/aromatic N) is 4. The number of urea groups is 1. The zero-order valence-electron chi connectivity index (χ0n) is 16.1. The van der Waals surface area contributed by atoms with Gasteiger partial charge in [-0.15, -0.1) is 0 Å². The van der Waals surface area contributed by atoms with E-state index in [1.54, 1.807) is 49.6 Å². The van der Waals surface area contributed by atoms with Crippen LogP contribution in [0.5, 0.6) is 5.88 Å². The number of methoxy groups -OCH3 is 1. The summed E-state index contributed by atoms with van der Waals surface area (Å²) in [5.74, 6) is 0.469. The molecule has 30 heavy (non-hydrogen) atoms. The number of benzene rings is 1. The summed E-state index contributed by atoms with van der Waals surface area (Å²) in [5.41, 5.74) is 1.05. The number of aryl methyl sites for hydroxylation is 1. The van der Waals surface area contributed by atoms with E-state index in [-0.39, 0.29) is 16.7 Å². The largest absolute Gasteiger partial charge is 0.481 e. The van der Waals surface area contributed by atoms with Gasteiger partial charge in [-0.2, -0.15) is 4.98 Å². The fourth-order valence-corrected chi connectivity index (χ4v) is 4.44. The number of thioether (sulfide) groups is 1. The van der Waals surface area contributed by atoms with Crippen molar-refractivity contribution < 1.29 is 17.9 Å². The molecule has 3 aromatic rings. The Morgan fingerprint density at radius 1 is 1.13 bits per heavy atom. The molecule has 156 valence electrons. The lowest BCUT2D eigenvalue weighted by Gasteiger charge is -2.12. The number of hydrogen-bond donors (Lipinski definition) is 2. The summed E-state index contributed by atoms with van der Waals surface area (Å²) in [5, 5.41) is 2.82. The lowest BCUT2D eigenvalue weighted by Crippen LogP contribution is -2.35. The Morgan fingerprint density at radius 2 is 1.87 bits per heavy atom. The highest BCUT2D eigenvalue weighted by molar-refractivity contribution is 7.98. The van der Waals surface area contributed by atoms with Gasteiger partial charge in [0.25, 0.3) is 10.0 Å². The second kappa shape index (κ2) is 9.50. The topological polar surface area (TPSA) is 136 Å². The second-order valence-electron chi connectivity index (χ2n) is 5.86. The van der Waals surface area contributed by atoms with Crippen LogP contribution in [0.2, 0.25) is 0 Å². The molecule has 0 unspecified atom stereocenters. The Kier molecular flexibility index (Phi) is 6.79. The molecule has 1 aromatic carbocycles. The molecule has 3 rings (SSSR count). The molecule has 0 spiro atoms. The van der Waals surface area contributed by atoms with E-state index < -0.39 is 16.1 Å². The highest BCUT2D eigenvalue weighted by Crippen LogP contribution is 2.24. The van der Waals surface area contributed by atoms with Crippen LogP contribution in [0.15, 0.2) is 58.8 Å². The maximum atomic E-state index is 12.8. The first-order chi connectivity index (χ1) is 14.4. The lowest BCUT2D eigenvalue weighted by atomic mass is 10.2. The summed E-state index contributed by atoms with van der Waals surface area (Å²) >= 11 is 1.28. The number of amides is 2. The number of carbonyl (C=O) groups excluding carboxylic acids is 1. The molecule has 2 aromatic heterocycles. The average Bonchev–Trinajstić information content (AvgIpc) is 2.72. The molecule has 2 heterocycles. The van der Waals surface area contributed by atoms with Gasteiger partial charge >= 0.3 is 6.03 Å². The second-order valence-corrected chi connectivity index (χ2v) is 8.46. The Hall–Kier alpha value is -3.25. The number of hydrogen-bond acceptors (Lipinski definition) is 9. The Labute approximate surface area is 177 Å². The van der Waals surface area contributed by atoms with Crippen molar-refractivity contribution in [1.82, 2.24) is 24.7 Å². The van der Waals surface area contributed by atoms with Crippen LogP contribution in [0.1, 0.15) is 11.3 Å². The normalized spacial score (nSPS) is 11.0. The number of ether oxygens (including phenoxy) is 1. The highest BCUT2D eigenvalue weighted by atomic mass is 32.2. The van der Waals surface area contributed by atoms with Gasteiger partial charge in [0.2, 0.25) is 11.8 Å². The SMILES string of the molecule is COc1cc(C)nc(NC(=O)NS(=O)(=O)c2ccccc2CSc2ncccn2)n1. The molecule has 2 N–H and O–H groups in total. The van der Waals surface area contributed by atoms with Gasteiger partial charge in [0, 0.05) is 29.9 Å². The van der Waals surface area contributed by atoms with Crippen molar-refractivity contribution in [2.75, 3.05) is 12.4 Å². The first-order valence-electron chi connectivity index (χ1n) is 8.58. The molecule has 0 bridgehead atoms. The van der Waals surface area contributed by atoms with Gasteiger partial charge in [-0.25, -0.2) is 32.9 Å². The minimum atomic E-state index is -4.14. The molecule has 0 aliphatic heterocycles. The van der Waals surface area contributed by atoms with Crippen molar-refractivity contribution in [3.05, 3.63) is 60.0 Å². The molecule has 0 atom stereocenters. The third kappa shape index (κ3) is 5.64. The maximum absolute atomic E-state index is 12.8. The lowest BCUT2D eigenvalue weighted by molar-refractivity contribution is 0.256. The van der Waals surface area contributed by atoms with E-state index in [0.29, 0.717) is 22.2 Å². The van der Waals surface area contributed by atoms with Crippen molar-refractivity contribution in [2.24, 2.45) is 0 Å². The minimum Gasteiger partial charge on any atom is -0.481 e. The van der Waals surface area contributed by atoms with Crippen molar-refractivity contribution in [3.8, 4) is 5.88 Å². The maximum Gasteiger partial charge on any atom is 0.335 e. The minimum absolute atomic E-state index is 0.0219. The molecule has 0 aliphatic carbocycles. The summed E-state index contributed by atoms with van der Waals surface area (Å²) in [4.78, 5) is 28.4. The van der Waals surface area contributed by atoms with E-state index in [1.807, 2.05) is 4.72 Å². The molecular formula is C18H18N6O4S2. The number of sulfonamides is 1. The van der Waals surface area contributed by atoms with E-state index in [0.717, 1.165) is 0 Å². The van der Waals surface area contributed by atoms with Crippen LogP contribution < -0.4 is 14.8 Å². The fraction of sp³-hybridized carbons (Fsp3) is 0.167. The number of carbonyl (C=O) groups is 1. The first-order valence-corrected chi connectivity index (χ1v) is 11.1. The van der Waals surface area contributed by atoms with Gasteiger partial charge in [-0.1, -0.05) is 30.0 Å². The van der Waals surface area contributed by atoms with Gasteiger partial charge in [0.1, 0.15) is 0 Å². The molecular weight excluding hydrogens is 428 g/mol. The molecule has 2 amide bonds. The van der Waals surface area contributed by atoms with Crippen LogP contribution in [0.4, 0.5) is 10.7 Å². The van der Waals surface area contributed by atoms with E-state index in [4.69, 9.17) is 4.74 Å². The van der Waals surface area contributed by atoms with Gasteiger partial charge in [0.15, 0.2) is 5.16 Å². The van der Waals surface area contributed by atoms with Gasteiger partial charge < -0.3 is 4.74 Å². The van der Waals surface area contributed by atoms with E-state index in [9.17, 15) is 13.2 Å². The summed E-state index contributed by atoms with van der Waals surface area (Å²) in [6, 6.07) is 8.65. The number of rotatable bonds is 7. The fourth-order valence-electron chi connectivity index (χ4n) is 2.39. The van der Waals surface area contributed by atoms with Crippen LogP contribution >= 0.6 is 11.8 Å². The molecule has 0 aliphatic rings. The summed E-state index contributed by atoms with van der Waals surface area (Å²) < 4.78 is 32.5. The van der Waals surface area contributed by atoms with Gasteiger partial charge in [0.05, 0.1) is 12.0 Å². The molecule has 0 saturated carbocycles. The predicted octanol–water partition coefficient (Wildman–Crippen LogP) is 2.39. The number of nitrogens with one attached hydrogen (secondary N) is 2. The van der Waals surface area contributed by atoms with Crippen LogP contribution in [0, 0.1) is 6.92 Å². The molecule has 0 saturated heterocycles. The Morgan fingerprint density at radius 3 is 2.60 bits per heavy atom. The molecule has 12 heteroatoms. The Balaban J connectivity index is 1.74. The smallest absolute Gasteiger partial charge is 0.335 e. The zero-order valence-corrected chi connectivity index (χ0v) is 17.7. The summed E-state index contributed by atoms with van der Waals surface area (Å²) in [7, 11) is -2.72. The first kappa shape index (κ1) is 21.5. The average molecular weight is 447 g/mol. The van der Waals surface area contributed by atoms with E-state index in [2.05, 4.69) is 25.3 Å². The van der Waals surface area contributed by atoms with Crippen molar-refractivity contribution in [2.45, 2.75) is 22.7 Å². The van der Waals surface area contributed by atoms with Gasteiger partial charge in [-0.3, -0.25) is 5.32 Å². The van der Waals surface area contributed by atoms with Crippen LogP contribution in [0.3, 0.4) is 0 Å². The van der Waals surface area contributed by atoms with Crippen LogP contribution in [-0.4, -0.2) is 41.5 Å². The standard InChI is InChI=1S/C18H18N6O4S2/c1-12-10-15(28-2)22-16(21-12)23-17(25)24-30(26,27)14-7-4-3-6-13(14)11-29-18-19-8-5-9-20-18/h3-10H,11H2,1-2H3,(H2,21,22,23,24,25). The summed E-state index contributed by atoms with van der Waals surface area (Å²) in [6.07, 6.45) is 3.21. The summed E-state index contributed by atoms with van der Waals surface area (Å²) in [6.45, 7) is 1.69. The van der Waals surface area contributed by atoms with E-state index >= 15 is 0 Å². The quantitative estimate of drug-likeness (QED) is 0.414.